The Morgan fingerprint density at radius 1 is 1.07 bits per heavy atom. The van der Waals surface area contributed by atoms with Crippen molar-refractivity contribution in [3.05, 3.63) is 24.0 Å². The summed E-state index contributed by atoms with van der Waals surface area (Å²) in [5, 5.41) is 2.83. The minimum atomic E-state index is 0.00963. The lowest BCUT2D eigenvalue weighted by Gasteiger charge is -2.40. The summed E-state index contributed by atoms with van der Waals surface area (Å²) in [6.07, 6.45) is 7.76. The highest BCUT2D eigenvalue weighted by molar-refractivity contribution is 5.93. The lowest BCUT2D eigenvalue weighted by Crippen LogP contribution is -2.48. The van der Waals surface area contributed by atoms with E-state index in [4.69, 9.17) is 0 Å². The molecule has 3 aliphatic heterocycles. The van der Waals surface area contributed by atoms with E-state index >= 15 is 0 Å². The second-order valence-corrected chi connectivity index (χ2v) is 7.79. The van der Waals surface area contributed by atoms with Crippen molar-refractivity contribution in [2.75, 3.05) is 50.7 Å². The minimum absolute atomic E-state index is 0.00963. The van der Waals surface area contributed by atoms with Crippen LogP contribution in [0.15, 0.2) is 18.3 Å². The summed E-state index contributed by atoms with van der Waals surface area (Å²) in [6, 6.07) is 4.33. The first-order valence-electron chi connectivity index (χ1n) is 10.2. The molecule has 3 saturated heterocycles. The predicted octanol–water partition coefficient (Wildman–Crippen LogP) is 1.11. The van der Waals surface area contributed by atoms with Gasteiger partial charge in [-0.2, -0.15) is 0 Å². The first-order valence-corrected chi connectivity index (χ1v) is 10.2. The van der Waals surface area contributed by atoms with Crippen molar-refractivity contribution in [1.29, 1.82) is 0 Å². The number of nitrogens with one attached hydrogen (secondary N) is 1. The van der Waals surface area contributed by atoms with Gasteiger partial charge in [-0.3, -0.25) is 14.6 Å². The van der Waals surface area contributed by atoms with Crippen LogP contribution in [0.1, 0.15) is 42.6 Å². The average molecular weight is 371 g/mol. The van der Waals surface area contributed by atoms with Crippen LogP contribution >= 0.6 is 0 Å². The van der Waals surface area contributed by atoms with Crippen molar-refractivity contribution in [3.63, 3.8) is 0 Å². The molecule has 3 aliphatic rings. The lowest BCUT2D eigenvalue weighted by atomic mass is 9.99. The molecule has 4 rings (SSSR count). The fourth-order valence-corrected chi connectivity index (χ4v) is 4.47. The lowest BCUT2D eigenvalue weighted by molar-refractivity contribution is -0.120. The Morgan fingerprint density at radius 2 is 1.85 bits per heavy atom. The highest BCUT2D eigenvalue weighted by Crippen LogP contribution is 2.22. The molecule has 3 fully saturated rings. The van der Waals surface area contributed by atoms with Crippen LogP contribution in [0.25, 0.3) is 0 Å². The maximum atomic E-state index is 12.9. The molecule has 1 N–H and O–H groups in total. The van der Waals surface area contributed by atoms with E-state index in [0.717, 1.165) is 38.2 Å². The van der Waals surface area contributed by atoms with Gasteiger partial charge in [0.1, 0.15) is 5.69 Å². The van der Waals surface area contributed by atoms with Crippen LogP contribution < -0.4 is 10.2 Å². The highest BCUT2D eigenvalue weighted by Gasteiger charge is 2.28. The van der Waals surface area contributed by atoms with Gasteiger partial charge in [-0.25, -0.2) is 0 Å². The summed E-state index contributed by atoms with van der Waals surface area (Å²) in [5.41, 5.74) is 1.38. The van der Waals surface area contributed by atoms with Crippen molar-refractivity contribution in [1.82, 2.24) is 20.1 Å². The fraction of sp³-hybridized carbons (Fsp3) is 0.650. The average Bonchev–Trinajstić information content (AvgIpc) is 2.74. The quantitative estimate of drug-likeness (QED) is 0.862. The Balaban J connectivity index is 1.37. The van der Waals surface area contributed by atoms with Gasteiger partial charge >= 0.3 is 0 Å². The summed E-state index contributed by atoms with van der Waals surface area (Å²) in [6.45, 7) is 5.76. The van der Waals surface area contributed by atoms with Crippen molar-refractivity contribution in [2.45, 2.75) is 38.1 Å². The van der Waals surface area contributed by atoms with E-state index in [1.54, 1.807) is 6.20 Å². The third-order valence-corrected chi connectivity index (χ3v) is 6.02. The molecule has 4 heterocycles. The van der Waals surface area contributed by atoms with E-state index in [-0.39, 0.29) is 11.8 Å². The van der Waals surface area contributed by atoms with Crippen molar-refractivity contribution in [3.8, 4) is 0 Å². The molecule has 0 spiro atoms. The van der Waals surface area contributed by atoms with Gasteiger partial charge in [-0.1, -0.05) is 6.42 Å². The summed E-state index contributed by atoms with van der Waals surface area (Å²) in [4.78, 5) is 35.4. The topological polar surface area (TPSA) is 68.8 Å². The van der Waals surface area contributed by atoms with Gasteiger partial charge in [0.2, 0.25) is 5.91 Å². The molecule has 0 bridgehead atoms. The Bertz CT molecular complexity index is 681. The van der Waals surface area contributed by atoms with Gasteiger partial charge in [0.05, 0.1) is 6.54 Å². The number of piperazine rings is 1. The van der Waals surface area contributed by atoms with Gasteiger partial charge in [0.15, 0.2) is 0 Å². The number of nitrogens with zero attached hydrogens (tertiary/aromatic N) is 4. The zero-order chi connectivity index (χ0) is 18.6. The number of aromatic nitrogens is 1. The number of anilines is 1. The van der Waals surface area contributed by atoms with E-state index in [1.807, 2.05) is 21.9 Å². The number of likely N-dealkylation sites (tertiary alicyclic amines) is 2. The smallest absolute Gasteiger partial charge is 0.272 e. The van der Waals surface area contributed by atoms with Gasteiger partial charge < -0.3 is 20.0 Å². The molecule has 0 saturated carbocycles. The van der Waals surface area contributed by atoms with Gasteiger partial charge in [0, 0.05) is 44.1 Å². The maximum Gasteiger partial charge on any atom is 0.272 e. The van der Waals surface area contributed by atoms with E-state index in [0.29, 0.717) is 24.8 Å². The number of hydrogen-bond donors (Lipinski definition) is 1. The monoisotopic (exact) mass is 371 g/mol. The molecule has 0 aromatic carbocycles. The van der Waals surface area contributed by atoms with Crippen LogP contribution in [-0.4, -0.2) is 78.5 Å². The van der Waals surface area contributed by atoms with Crippen LogP contribution in [0.5, 0.6) is 0 Å². The van der Waals surface area contributed by atoms with Crippen molar-refractivity contribution in [2.24, 2.45) is 0 Å². The van der Waals surface area contributed by atoms with E-state index in [1.165, 1.54) is 32.4 Å². The number of carbonyl (C=O) groups excluding carboxylic acids is 2. The molecule has 0 aliphatic carbocycles. The van der Waals surface area contributed by atoms with Crippen LogP contribution in [0.2, 0.25) is 0 Å². The highest BCUT2D eigenvalue weighted by atomic mass is 16.2. The summed E-state index contributed by atoms with van der Waals surface area (Å²) in [7, 11) is 0. The Labute approximate surface area is 160 Å². The van der Waals surface area contributed by atoms with E-state index < -0.39 is 0 Å². The molecular formula is C20H29N5O2. The number of piperidine rings is 2. The molecule has 1 aromatic rings. The van der Waals surface area contributed by atoms with E-state index in [9.17, 15) is 9.59 Å². The number of pyridine rings is 1. The third-order valence-electron chi connectivity index (χ3n) is 6.02. The number of carbonyl (C=O) groups is 2. The second-order valence-electron chi connectivity index (χ2n) is 7.79. The molecule has 7 heteroatoms. The molecule has 7 nitrogen and oxygen atoms in total. The Hall–Kier alpha value is -2.15. The largest absolute Gasteiger partial charge is 0.360 e. The first kappa shape index (κ1) is 18.2. The zero-order valence-corrected chi connectivity index (χ0v) is 15.9. The van der Waals surface area contributed by atoms with Crippen LogP contribution in [-0.2, 0) is 4.79 Å². The molecule has 1 aromatic heterocycles. The van der Waals surface area contributed by atoms with Gasteiger partial charge in [-0.15, -0.1) is 0 Å². The van der Waals surface area contributed by atoms with Crippen molar-refractivity contribution < 1.29 is 9.59 Å². The standard InChI is InChI=1S/C20H29N5O2/c26-19-15-25(13-8-22-19)17-4-7-21-18(14-17)20(27)24-11-5-16(6-12-24)23-9-2-1-3-10-23/h4,7,14,16H,1-3,5-6,8-13,15H2,(H,22,26). The van der Waals surface area contributed by atoms with Crippen molar-refractivity contribution >= 4 is 17.5 Å². The Morgan fingerprint density at radius 3 is 2.59 bits per heavy atom. The minimum Gasteiger partial charge on any atom is -0.360 e. The summed E-state index contributed by atoms with van der Waals surface area (Å²) in [5.74, 6) is 0.0288. The normalized spacial score (nSPS) is 22.6. The number of hydrogen-bond acceptors (Lipinski definition) is 5. The molecule has 27 heavy (non-hydrogen) atoms. The first-order chi connectivity index (χ1) is 13.2. The van der Waals surface area contributed by atoms with Gasteiger partial charge in [0.25, 0.3) is 5.91 Å². The second kappa shape index (κ2) is 8.25. The van der Waals surface area contributed by atoms with Crippen LogP contribution in [0.4, 0.5) is 5.69 Å². The number of rotatable bonds is 3. The fourth-order valence-electron chi connectivity index (χ4n) is 4.47. The van der Waals surface area contributed by atoms with Crippen LogP contribution in [0.3, 0.4) is 0 Å². The zero-order valence-electron chi connectivity index (χ0n) is 15.9. The number of amides is 2. The SMILES string of the molecule is O=C1CN(c2ccnc(C(=O)N3CCC(N4CCCCC4)CC3)c2)CCN1. The molecular weight excluding hydrogens is 342 g/mol. The van der Waals surface area contributed by atoms with Crippen LogP contribution in [0, 0.1) is 0 Å². The summed E-state index contributed by atoms with van der Waals surface area (Å²) < 4.78 is 0. The maximum absolute atomic E-state index is 12.9. The third kappa shape index (κ3) is 4.24. The van der Waals surface area contributed by atoms with E-state index in [2.05, 4.69) is 15.2 Å². The molecule has 0 atom stereocenters. The molecule has 146 valence electrons. The predicted molar refractivity (Wildman–Crippen MR) is 104 cm³/mol. The molecule has 0 radical (unpaired) electrons. The van der Waals surface area contributed by atoms with Gasteiger partial charge in [-0.05, 0) is 50.9 Å². The molecule has 2 amide bonds. The summed E-state index contributed by atoms with van der Waals surface area (Å²) >= 11 is 0. The molecule has 0 unspecified atom stereocenters. The Kier molecular flexibility index (Phi) is 5.57.